The van der Waals surface area contributed by atoms with Gasteiger partial charge in [-0.1, -0.05) is 60.7 Å². The van der Waals surface area contributed by atoms with Gasteiger partial charge in [-0.05, 0) is 43.6 Å². The molecule has 0 spiro atoms. The van der Waals surface area contributed by atoms with Crippen molar-refractivity contribution in [3.05, 3.63) is 71.8 Å². The van der Waals surface area contributed by atoms with Gasteiger partial charge in [-0.2, -0.15) is 0 Å². The third-order valence-corrected chi connectivity index (χ3v) is 11.0. The number of ether oxygens (including phenoxy) is 1. The number of benzene rings is 2. The molecule has 3 fully saturated rings. The van der Waals surface area contributed by atoms with E-state index in [2.05, 4.69) is 65.4 Å². The van der Waals surface area contributed by atoms with E-state index in [1.165, 1.54) is 0 Å². The number of nitrogens with one attached hydrogen (secondary N) is 1. The Morgan fingerprint density at radius 3 is 2.00 bits per heavy atom. The molecule has 3 aliphatic heterocycles. The molecular formula is C32H45Cl2Li2N4O7P. The van der Waals surface area contributed by atoms with Crippen LogP contribution in [0.1, 0.15) is 30.9 Å². The molecule has 0 saturated carbocycles. The first-order valence-electron chi connectivity index (χ1n) is 15.7. The van der Waals surface area contributed by atoms with Crippen LogP contribution in [0.15, 0.2) is 60.7 Å². The Balaban J connectivity index is 0.000000487. The minimum Gasteiger partial charge on any atom is -0.652 e. The van der Waals surface area contributed by atoms with Gasteiger partial charge in [0, 0.05) is 63.5 Å². The predicted octanol–water partition coefficient (Wildman–Crippen LogP) is -3.38. The second-order valence-corrected chi connectivity index (χ2v) is 14.0. The van der Waals surface area contributed by atoms with E-state index in [-0.39, 0.29) is 49.5 Å². The van der Waals surface area contributed by atoms with Crippen LogP contribution < -0.4 is 53.0 Å². The first-order chi connectivity index (χ1) is 22.2. The molecule has 5 rings (SSSR count). The van der Waals surface area contributed by atoms with Gasteiger partial charge in [0.1, 0.15) is 5.41 Å². The normalized spacial score (nSPS) is 22.2. The van der Waals surface area contributed by atoms with Crippen molar-refractivity contribution >= 4 is 42.9 Å². The van der Waals surface area contributed by atoms with Gasteiger partial charge in [0.05, 0.1) is 19.8 Å². The van der Waals surface area contributed by atoms with Gasteiger partial charge in [-0.3, -0.25) is 14.3 Å². The third kappa shape index (κ3) is 12.3. The van der Waals surface area contributed by atoms with Gasteiger partial charge < -0.3 is 29.2 Å². The van der Waals surface area contributed by atoms with Crippen LogP contribution in [0.3, 0.4) is 0 Å². The summed E-state index contributed by atoms with van der Waals surface area (Å²) in [5.41, 5.74) is 1.65. The molecule has 48 heavy (non-hydrogen) atoms. The number of halogens is 2. The zero-order valence-corrected chi connectivity index (χ0v) is 30.8. The number of carbonyl (C=O) groups excluding carboxylic acids is 2. The summed E-state index contributed by atoms with van der Waals surface area (Å²) in [5, 5.41) is 19.5. The first-order valence-corrected chi connectivity index (χ1v) is 18.3. The number of carboxylic acid groups (broad SMARTS) is 2. The van der Waals surface area contributed by atoms with E-state index >= 15 is 0 Å². The van der Waals surface area contributed by atoms with Gasteiger partial charge in [-0.25, -0.2) is 9.76 Å². The molecule has 0 aromatic heterocycles. The number of likely N-dealkylation sites (N-methyl/N-ethyl adjacent to an activating group) is 1. The molecular weight excluding hydrogens is 668 g/mol. The Hall–Kier alpha value is -1.02. The largest absolute Gasteiger partial charge is 1.00 e. The number of hydrogen-bond donors (Lipinski definition) is 1. The van der Waals surface area contributed by atoms with Crippen molar-refractivity contribution in [3.8, 4) is 0 Å². The van der Waals surface area contributed by atoms with Gasteiger partial charge in [0.15, 0.2) is 0 Å². The summed E-state index contributed by atoms with van der Waals surface area (Å²) in [6, 6.07) is 20.8. The molecule has 0 aliphatic carbocycles. The number of amides is 1. The Morgan fingerprint density at radius 1 is 0.938 bits per heavy atom. The van der Waals surface area contributed by atoms with Crippen LogP contribution >= 0.6 is 30.9 Å². The van der Waals surface area contributed by atoms with Gasteiger partial charge in [-0.15, -0.1) is 23.2 Å². The van der Waals surface area contributed by atoms with Crippen molar-refractivity contribution < 1.29 is 71.3 Å². The van der Waals surface area contributed by atoms with Gasteiger partial charge in [0.2, 0.25) is 5.91 Å². The maximum atomic E-state index is 13.8. The van der Waals surface area contributed by atoms with Crippen LogP contribution in [-0.2, 0) is 24.0 Å². The molecule has 2 unspecified atom stereocenters. The molecule has 256 valence electrons. The van der Waals surface area contributed by atoms with Crippen molar-refractivity contribution in [1.82, 2.24) is 19.6 Å². The SMILES string of the molecule is CCN1CC(CCN2CCOCC2)C(c2ccccc2)(c2ccccc2)C1=O.O=C([O-])[O-].O=P1(NCCCl)OCCCN1CCCl.[Li+].[Li+]. The number of likely N-dealkylation sites (tertiary alicyclic amines) is 1. The summed E-state index contributed by atoms with van der Waals surface area (Å²) in [6.07, 6.45) is -0.435. The summed E-state index contributed by atoms with van der Waals surface area (Å²) in [5.74, 6) is 1.38. The van der Waals surface area contributed by atoms with Crippen molar-refractivity contribution in [1.29, 1.82) is 0 Å². The Bertz CT molecular complexity index is 1210. The van der Waals surface area contributed by atoms with Gasteiger partial charge >= 0.3 is 45.4 Å². The molecule has 1 N–H and O–H groups in total. The van der Waals surface area contributed by atoms with Crippen molar-refractivity contribution in [2.75, 3.05) is 83.9 Å². The van der Waals surface area contributed by atoms with Crippen LogP contribution in [0.25, 0.3) is 0 Å². The van der Waals surface area contributed by atoms with Gasteiger partial charge in [0.25, 0.3) is 0 Å². The summed E-state index contributed by atoms with van der Waals surface area (Å²) in [6.45, 7) is 10.6. The van der Waals surface area contributed by atoms with E-state index in [4.69, 9.17) is 47.5 Å². The van der Waals surface area contributed by atoms with Crippen LogP contribution in [-0.4, -0.2) is 110 Å². The third-order valence-electron chi connectivity index (χ3n) is 8.36. The molecule has 16 heteroatoms. The fourth-order valence-corrected chi connectivity index (χ4v) is 8.80. The molecule has 2 aromatic rings. The number of alkyl halides is 2. The molecule has 11 nitrogen and oxygen atoms in total. The van der Waals surface area contributed by atoms with Crippen molar-refractivity contribution in [2.24, 2.45) is 5.92 Å². The Labute approximate surface area is 318 Å². The molecule has 3 saturated heterocycles. The summed E-state index contributed by atoms with van der Waals surface area (Å²) in [4.78, 5) is 26.7. The van der Waals surface area contributed by atoms with E-state index < -0.39 is 19.2 Å². The molecule has 1 amide bonds. The Morgan fingerprint density at radius 2 is 1.50 bits per heavy atom. The Kier molecular flexibility index (Phi) is 22.0. The fraction of sp³-hybridized carbons (Fsp3) is 0.562. The van der Waals surface area contributed by atoms with Crippen molar-refractivity contribution in [2.45, 2.75) is 25.2 Å². The second kappa shape index (κ2) is 23.5. The number of rotatable bonds is 11. The minimum absolute atomic E-state index is 0. The fourth-order valence-electron chi connectivity index (χ4n) is 6.26. The standard InChI is InChI=1S/C24H30N2O2.C7H15Cl2N2O2P.CH2O3.2Li/c1-2-26-19-22(13-14-25-15-17-28-18-16-25)24(23(26)27,20-9-5-3-6-10-20)21-11-7-4-8-12-21;8-2-4-10-14(12)11(6-3-9)5-1-7-13-14;2-1(3)4;;/h3-12,22H,2,13-19H2,1H3;1-7H2,(H,10,12);(H2,2,3,4);;/q;;;2*+1/p-2. The summed E-state index contributed by atoms with van der Waals surface area (Å²) < 4.78 is 24.7. The minimum atomic E-state index is -2.84. The average molecular weight is 713 g/mol. The molecule has 2 aromatic carbocycles. The summed E-state index contributed by atoms with van der Waals surface area (Å²) in [7, 11) is -2.84. The molecule has 3 heterocycles. The van der Waals surface area contributed by atoms with Crippen LogP contribution in [0, 0.1) is 5.92 Å². The number of carbonyl (C=O) groups is 2. The predicted molar refractivity (Wildman–Crippen MR) is 176 cm³/mol. The molecule has 3 aliphatic rings. The molecule has 0 radical (unpaired) electrons. The monoisotopic (exact) mass is 712 g/mol. The zero-order chi connectivity index (χ0) is 33.4. The number of nitrogens with zero attached hydrogens (tertiary/aromatic N) is 3. The van der Waals surface area contributed by atoms with Crippen LogP contribution in [0.2, 0.25) is 0 Å². The van der Waals surface area contributed by atoms with E-state index in [1.54, 1.807) is 4.67 Å². The first kappa shape index (κ1) is 45.0. The van der Waals surface area contributed by atoms with Crippen molar-refractivity contribution in [3.63, 3.8) is 0 Å². The molecule has 2 atom stereocenters. The smallest absolute Gasteiger partial charge is 0.652 e. The van der Waals surface area contributed by atoms with E-state index in [0.29, 0.717) is 31.5 Å². The van der Waals surface area contributed by atoms with Crippen LogP contribution in [0.5, 0.6) is 0 Å². The van der Waals surface area contributed by atoms with E-state index in [9.17, 15) is 9.36 Å². The van der Waals surface area contributed by atoms with E-state index in [1.807, 2.05) is 17.0 Å². The number of morpholine rings is 1. The van der Waals surface area contributed by atoms with Crippen LogP contribution in [0.4, 0.5) is 4.79 Å². The maximum absolute atomic E-state index is 13.8. The summed E-state index contributed by atoms with van der Waals surface area (Å²) >= 11 is 11.1. The quantitative estimate of drug-likeness (QED) is 0.143. The number of hydrogen-bond acceptors (Lipinski definition) is 8. The maximum Gasteiger partial charge on any atom is 1.00 e. The topological polar surface area (TPSA) is 138 Å². The average Bonchev–Trinajstić information content (AvgIpc) is 3.37. The zero-order valence-electron chi connectivity index (χ0n) is 28.4. The second-order valence-electron chi connectivity index (χ2n) is 11.0. The van der Waals surface area contributed by atoms with E-state index in [0.717, 1.165) is 76.5 Å². The molecule has 0 bridgehead atoms.